The Bertz CT molecular complexity index is 501. The first kappa shape index (κ1) is 10.9. The molecule has 0 spiro atoms. The van der Waals surface area contributed by atoms with E-state index >= 15 is 0 Å². The van der Waals surface area contributed by atoms with Gasteiger partial charge in [0.1, 0.15) is 4.99 Å². The summed E-state index contributed by atoms with van der Waals surface area (Å²) >= 11 is 6.37. The lowest BCUT2D eigenvalue weighted by molar-refractivity contribution is 1.36. The SMILES string of the molecule is NC(=S)c1ccc(C=Nc2nccs2)cc1. The van der Waals surface area contributed by atoms with Gasteiger partial charge in [-0.25, -0.2) is 9.98 Å². The van der Waals surface area contributed by atoms with Crippen LogP contribution in [0.25, 0.3) is 0 Å². The van der Waals surface area contributed by atoms with Crippen LogP contribution in [0.3, 0.4) is 0 Å². The largest absolute Gasteiger partial charge is 0.389 e. The lowest BCUT2D eigenvalue weighted by Crippen LogP contribution is -2.08. The van der Waals surface area contributed by atoms with Crippen LogP contribution < -0.4 is 5.73 Å². The van der Waals surface area contributed by atoms with E-state index < -0.39 is 0 Å². The highest BCUT2D eigenvalue weighted by Gasteiger charge is 1.95. The van der Waals surface area contributed by atoms with Crippen molar-refractivity contribution in [1.29, 1.82) is 0 Å². The van der Waals surface area contributed by atoms with Crippen LogP contribution in [0.2, 0.25) is 0 Å². The Labute approximate surface area is 103 Å². The van der Waals surface area contributed by atoms with Crippen LogP contribution in [-0.2, 0) is 0 Å². The maximum atomic E-state index is 5.50. The number of aromatic nitrogens is 1. The zero-order chi connectivity index (χ0) is 11.4. The summed E-state index contributed by atoms with van der Waals surface area (Å²) in [4.78, 5) is 8.69. The van der Waals surface area contributed by atoms with E-state index in [1.54, 1.807) is 12.4 Å². The molecule has 0 amide bonds. The summed E-state index contributed by atoms with van der Waals surface area (Å²) in [5.74, 6) is 0. The molecule has 0 unspecified atom stereocenters. The van der Waals surface area contributed by atoms with Crippen molar-refractivity contribution in [3.8, 4) is 0 Å². The number of thiazole rings is 1. The first-order chi connectivity index (χ1) is 7.75. The van der Waals surface area contributed by atoms with Crippen molar-refractivity contribution >= 4 is 39.9 Å². The molecule has 2 aromatic rings. The maximum Gasteiger partial charge on any atom is 0.208 e. The number of rotatable bonds is 3. The molecule has 1 heterocycles. The number of benzene rings is 1. The number of hydrogen-bond donors (Lipinski definition) is 1. The zero-order valence-electron chi connectivity index (χ0n) is 8.33. The summed E-state index contributed by atoms with van der Waals surface area (Å²) in [5.41, 5.74) is 7.36. The van der Waals surface area contributed by atoms with Crippen LogP contribution in [0.15, 0.2) is 40.8 Å². The number of thiocarbonyl (C=S) groups is 1. The topological polar surface area (TPSA) is 51.3 Å². The highest BCUT2D eigenvalue weighted by Crippen LogP contribution is 2.14. The first-order valence-electron chi connectivity index (χ1n) is 4.59. The van der Waals surface area contributed by atoms with Gasteiger partial charge in [-0.2, -0.15) is 0 Å². The summed E-state index contributed by atoms with van der Waals surface area (Å²) in [6, 6.07) is 7.61. The van der Waals surface area contributed by atoms with Crippen LogP contribution in [0.1, 0.15) is 11.1 Å². The number of nitrogens with two attached hydrogens (primary N) is 1. The standard InChI is InChI=1S/C11H9N3S2/c12-10(15)9-3-1-8(2-4-9)7-14-11-13-5-6-16-11/h1-7H,(H2,12,15). The smallest absolute Gasteiger partial charge is 0.208 e. The lowest BCUT2D eigenvalue weighted by atomic mass is 10.1. The van der Waals surface area contributed by atoms with Crippen LogP contribution in [0.5, 0.6) is 0 Å². The average Bonchev–Trinajstić information content (AvgIpc) is 2.80. The molecule has 0 fully saturated rings. The van der Waals surface area contributed by atoms with Gasteiger partial charge >= 0.3 is 0 Å². The van der Waals surface area contributed by atoms with Crippen LogP contribution in [0, 0.1) is 0 Å². The third-order valence-electron chi connectivity index (χ3n) is 1.94. The fourth-order valence-corrected chi connectivity index (χ4v) is 1.76. The van der Waals surface area contributed by atoms with Crippen molar-refractivity contribution in [1.82, 2.24) is 4.98 Å². The van der Waals surface area contributed by atoms with Gasteiger partial charge < -0.3 is 5.73 Å². The van der Waals surface area contributed by atoms with Crippen molar-refractivity contribution in [3.63, 3.8) is 0 Å². The van der Waals surface area contributed by atoms with Gasteiger partial charge in [0, 0.05) is 23.4 Å². The minimum Gasteiger partial charge on any atom is -0.389 e. The zero-order valence-corrected chi connectivity index (χ0v) is 9.96. The summed E-state index contributed by atoms with van der Waals surface area (Å²) in [6.45, 7) is 0. The fourth-order valence-electron chi connectivity index (χ4n) is 1.14. The van der Waals surface area contributed by atoms with E-state index in [1.165, 1.54) is 11.3 Å². The van der Waals surface area contributed by atoms with E-state index in [-0.39, 0.29) is 0 Å². The van der Waals surface area contributed by atoms with Gasteiger partial charge in [-0.3, -0.25) is 0 Å². The Morgan fingerprint density at radius 3 is 2.69 bits per heavy atom. The summed E-state index contributed by atoms with van der Waals surface area (Å²) < 4.78 is 0. The van der Waals surface area contributed by atoms with Crippen molar-refractivity contribution in [3.05, 3.63) is 47.0 Å². The van der Waals surface area contributed by atoms with Gasteiger partial charge in [0.25, 0.3) is 0 Å². The van der Waals surface area contributed by atoms with Crippen LogP contribution >= 0.6 is 23.6 Å². The molecular weight excluding hydrogens is 238 g/mol. The third kappa shape index (κ3) is 2.71. The highest BCUT2D eigenvalue weighted by molar-refractivity contribution is 7.80. The summed E-state index contributed by atoms with van der Waals surface area (Å²) in [7, 11) is 0. The molecule has 2 rings (SSSR count). The molecule has 3 nitrogen and oxygen atoms in total. The van der Waals surface area contributed by atoms with Gasteiger partial charge in [0.15, 0.2) is 0 Å². The molecule has 2 N–H and O–H groups in total. The third-order valence-corrected chi connectivity index (χ3v) is 2.85. The molecule has 0 saturated heterocycles. The van der Waals surface area contributed by atoms with Gasteiger partial charge in [0.05, 0.1) is 0 Å². The summed E-state index contributed by atoms with van der Waals surface area (Å²) in [5, 5.41) is 2.64. The van der Waals surface area contributed by atoms with Crippen molar-refractivity contribution in [2.45, 2.75) is 0 Å². The van der Waals surface area contributed by atoms with E-state index in [0.29, 0.717) is 4.99 Å². The van der Waals surface area contributed by atoms with Crippen molar-refractivity contribution in [2.24, 2.45) is 10.7 Å². The van der Waals surface area contributed by atoms with Gasteiger partial charge in [-0.05, 0) is 5.56 Å². The molecule has 0 aliphatic carbocycles. The minimum absolute atomic E-state index is 0.406. The van der Waals surface area contributed by atoms with Gasteiger partial charge in [-0.1, -0.05) is 36.5 Å². The molecule has 0 aliphatic heterocycles. The molecule has 16 heavy (non-hydrogen) atoms. The van der Waals surface area contributed by atoms with Crippen molar-refractivity contribution in [2.75, 3.05) is 0 Å². The predicted octanol–water partition coefficient (Wildman–Crippen LogP) is 2.53. The Balaban J connectivity index is 2.14. The highest BCUT2D eigenvalue weighted by atomic mass is 32.1. The second kappa shape index (κ2) is 4.96. The monoisotopic (exact) mass is 247 g/mol. The van der Waals surface area contributed by atoms with E-state index in [1.807, 2.05) is 29.6 Å². The number of aliphatic imine (C=N–C) groups is 1. The first-order valence-corrected chi connectivity index (χ1v) is 5.88. The minimum atomic E-state index is 0.406. The quantitative estimate of drug-likeness (QED) is 0.670. The summed E-state index contributed by atoms with van der Waals surface area (Å²) in [6.07, 6.45) is 3.50. The molecule has 0 aliphatic rings. The number of nitrogens with zero attached hydrogens (tertiary/aromatic N) is 2. The van der Waals surface area contributed by atoms with E-state index in [9.17, 15) is 0 Å². The Morgan fingerprint density at radius 1 is 1.38 bits per heavy atom. The van der Waals surface area contributed by atoms with Crippen LogP contribution in [-0.4, -0.2) is 16.2 Å². The molecule has 0 atom stereocenters. The lowest BCUT2D eigenvalue weighted by Gasteiger charge is -1.97. The number of hydrogen-bond acceptors (Lipinski definition) is 4. The molecule has 0 saturated carbocycles. The Kier molecular flexibility index (Phi) is 3.38. The molecule has 0 bridgehead atoms. The normalized spacial score (nSPS) is 10.8. The van der Waals surface area contributed by atoms with E-state index in [2.05, 4.69) is 9.98 Å². The second-order valence-corrected chi connectivity index (χ2v) is 4.37. The van der Waals surface area contributed by atoms with E-state index in [0.717, 1.165) is 16.3 Å². The van der Waals surface area contributed by atoms with Gasteiger partial charge in [-0.15, -0.1) is 11.3 Å². The molecule has 1 aromatic carbocycles. The predicted molar refractivity (Wildman–Crippen MR) is 71.7 cm³/mol. The molecule has 0 radical (unpaired) electrons. The van der Waals surface area contributed by atoms with Crippen molar-refractivity contribution < 1.29 is 0 Å². The average molecular weight is 247 g/mol. The Hall–Kier alpha value is -1.59. The Morgan fingerprint density at radius 2 is 2.12 bits per heavy atom. The molecule has 1 aromatic heterocycles. The van der Waals surface area contributed by atoms with Gasteiger partial charge in [0.2, 0.25) is 5.13 Å². The molecule has 80 valence electrons. The maximum absolute atomic E-state index is 5.50. The van der Waals surface area contributed by atoms with E-state index in [4.69, 9.17) is 18.0 Å². The fraction of sp³-hybridized carbons (Fsp3) is 0. The van der Waals surface area contributed by atoms with Crippen LogP contribution in [0.4, 0.5) is 5.13 Å². The molecular formula is C11H9N3S2. The molecule has 5 heteroatoms. The second-order valence-electron chi connectivity index (χ2n) is 3.06.